The van der Waals surface area contributed by atoms with Gasteiger partial charge in [-0.1, -0.05) is 27.6 Å². The van der Waals surface area contributed by atoms with Gasteiger partial charge in [0.2, 0.25) is 0 Å². The first kappa shape index (κ1) is 28.5. The molecule has 0 aromatic rings. The van der Waals surface area contributed by atoms with E-state index in [9.17, 15) is 24.0 Å². The quantitative estimate of drug-likeness (QED) is 0.244. The average Bonchev–Trinajstić information content (AvgIpc) is 2.74. The van der Waals surface area contributed by atoms with E-state index >= 15 is 0 Å². The first-order valence-corrected chi connectivity index (χ1v) is 12.0. The van der Waals surface area contributed by atoms with Crippen molar-refractivity contribution in [1.82, 2.24) is 0 Å². The van der Waals surface area contributed by atoms with Gasteiger partial charge in [-0.3, -0.25) is 24.0 Å². The Hall–Kier alpha value is -2.73. The van der Waals surface area contributed by atoms with Crippen molar-refractivity contribution >= 4 is 45.8 Å². The summed E-state index contributed by atoms with van der Waals surface area (Å²) in [7, 11) is 0. The molecule has 5 atom stereocenters. The molecule has 0 saturated carbocycles. The van der Waals surface area contributed by atoms with Crippen LogP contribution < -0.4 is 0 Å². The molecule has 2 rings (SSSR count). The fourth-order valence-corrected chi connectivity index (χ4v) is 4.34. The summed E-state index contributed by atoms with van der Waals surface area (Å²) in [5, 5.41) is 0.523. The summed E-state index contributed by atoms with van der Waals surface area (Å²) < 4.78 is 33.1. The molecule has 12 heteroatoms. The van der Waals surface area contributed by atoms with Gasteiger partial charge in [0.05, 0.1) is 0 Å². The van der Waals surface area contributed by atoms with Gasteiger partial charge in [-0.15, -0.1) is 0 Å². The van der Waals surface area contributed by atoms with Gasteiger partial charge in [0.1, 0.15) is 24.6 Å². The third-order valence-electron chi connectivity index (χ3n) is 5.09. The number of hydrogen-bond acceptors (Lipinski definition) is 11. The second-order valence-electron chi connectivity index (χ2n) is 8.03. The molecular weight excluding hydrogens is 532 g/mol. The number of halogens is 1. The number of hydrogen-bond donors (Lipinski definition) is 0. The molecular formula is C23H29BrO11. The van der Waals surface area contributed by atoms with Crippen LogP contribution in [0.15, 0.2) is 23.0 Å². The van der Waals surface area contributed by atoms with Gasteiger partial charge in [-0.2, -0.15) is 0 Å². The fourth-order valence-electron chi connectivity index (χ4n) is 3.90. The number of carbonyl (C=O) groups excluding carboxylic acids is 5. The van der Waals surface area contributed by atoms with Crippen LogP contribution in [-0.4, -0.2) is 72.3 Å². The van der Waals surface area contributed by atoms with Crippen LogP contribution in [0.2, 0.25) is 0 Å². The van der Waals surface area contributed by atoms with E-state index in [0.29, 0.717) is 29.5 Å². The first-order chi connectivity index (χ1) is 16.4. The summed E-state index contributed by atoms with van der Waals surface area (Å²) in [5.74, 6) is -3.04. The van der Waals surface area contributed by atoms with E-state index in [1.165, 1.54) is 13.8 Å². The minimum Gasteiger partial charge on any atom is -0.463 e. The molecule has 0 aromatic carbocycles. The van der Waals surface area contributed by atoms with E-state index in [0.717, 1.165) is 26.3 Å². The Morgan fingerprint density at radius 1 is 0.829 bits per heavy atom. The molecule has 0 bridgehead atoms. The van der Waals surface area contributed by atoms with Crippen molar-refractivity contribution in [2.45, 2.75) is 78.0 Å². The minimum atomic E-state index is -1.31. The van der Waals surface area contributed by atoms with Crippen molar-refractivity contribution in [2.24, 2.45) is 0 Å². The molecule has 1 saturated heterocycles. The second-order valence-corrected chi connectivity index (χ2v) is 8.59. The topological polar surface area (TPSA) is 141 Å². The molecule has 1 aliphatic carbocycles. The van der Waals surface area contributed by atoms with Crippen LogP contribution in [0.3, 0.4) is 0 Å². The van der Waals surface area contributed by atoms with Crippen molar-refractivity contribution < 1.29 is 52.4 Å². The average molecular weight is 561 g/mol. The van der Waals surface area contributed by atoms with Gasteiger partial charge in [0.25, 0.3) is 0 Å². The molecule has 0 N–H and O–H groups in total. The Bertz CT molecular complexity index is 922. The number of alkyl halides is 1. The van der Waals surface area contributed by atoms with Crippen LogP contribution in [0.1, 0.15) is 47.5 Å². The number of esters is 5. The van der Waals surface area contributed by atoms with Crippen molar-refractivity contribution in [3.05, 3.63) is 23.0 Å². The van der Waals surface area contributed by atoms with E-state index in [2.05, 4.69) is 15.9 Å². The minimum absolute atomic E-state index is 0.295. The Morgan fingerprint density at radius 2 is 1.40 bits per heavy atom. The number of ether oxygens (including phenoxy) is 6. The molecule has 1 aliphatic heterocycles. The molecule has 0 spiro atoms. The first-order valence-electron chi connectivity index (χ1n) is 10.9. The van der Waals surface area contributed by atoms with E-state index < -0.39 is 60.4 Å². The third-order valence-corrected chi connectivity index (χ3v) is 5.81. The lowest BCUT2D eigenvalue weighted by molar-refractivity contribution is -0.246. The standard InChI is InChI=1S/C23H29BrO11/c1-11(25)30-10-19-21(32-13(3)27)23(34-15(5)29)22(33-14(4)28)20(35-19)17-8-16(9-24)6-7-18(17)31-12(2)26/h8,19-23H,6-7,9-10H2,1-5H3/t19?,20?,21-,22+,23?/m1/s1. The zero-order chi connectivity index (χ0) is 26.3. The molecule has 0 aromatic heterocycles. The number of rotatable bonds is 8. The highest BCUT2D eigenvalue weighted by Crippen LogP contribution is 2.37. The Balaban J connectivity index is 2.67. The molecule has 11 nitrogen and oxygen atoms in total. The maximum atomic E-state index is 12.1. The SMILES string of the molecule is CC(=O)OCC1OC(C2=C(OC(C)=O)CCC(CBr)=C2)[C@H](OC(C)=O)C(OC(C)=O)[C@@H]1OC(C)=O. The number of carbonyl (C=O) groups is 5. The molecule has 2 aliphatic rings. The second kappa shape index (κ2) is 12.8. The zero-order valence-electron chi connectivity index (χ0n) is 20.2. The van der Waals surface area contributed by atoms with Crippen LogP contribution in [0.25, 0.3) is 0 Å². The van der Waals surface area contributed by atoms with Gasteiger partial charge in [-0.25, -0.2) is 0 Å². The Kier molecular flexibility index (Phi) is 10.4. The largest absolute Gasteiger partial charge is 0.463 e. The van der Waals surface area contributed by atoms with E-state index in [1.807, 2.05) is 0 Å². The molecule has 3 unspecified atom stereocenters. The van der Waals surface area contributed by atoms with Crippen molar-refractivity contribution in [3.63, 3.8) is 0 Å². The monoisotopic (exact) mass is 560 g/mol. The van der Waals surface area contributed by atoms with Gasteiger partial charge in [-0.05, 0) is 6.42 Å². The lowest BCUT2D eigenvalue weighted by Crippen LogP contribution is -2.62. The zero-order valence-corrected chi connectivity index (χ0v) is 21.7. The highest BCUT2D eigenvalue weighted by molar-refractivity contribution is 9.09. The maximum Gasteiger partial charge on any atom is 0.307 e. The van der Waals surface area contributed by atoms with Crippen molar-refractivity contribution in [2.75, 3.05) is 11.9 Å². The van der Waals surface area contributed by atoms with E-state index in [-0.39, 0.29) is 6.61 Å². The molecule has 0 amide bonds. The summed E-state index contributed by atoms with van der Waals surface area (Å²) in [6.45, 7) is 5.55. The summed E-state index contributed by atoms with van der Waals surface area (Å²) in [5.41, 5.74) is 1.34. The lowest BCUT2D eigenvalue weighted by atomic mass is 9.86. The third kappa shape index (κ3) is 8.17. The Labute approximate surface area is 211 Å². The van der Waals surface area contributed by atoms with Crippen LogP contribution >= 0.6 is 15.9 Å². The highest BCUT2D eigenvalue weighted by Gasteiger charge is 2.53. The van der Waals surface area contributed by atoms with Crippen LogP contribution in [-0.2, 0) is 52.4 Å². The molecule has 35 heavy (non-hydrogen) atoms. The predicted octanol–water partition coefficient (Wildman–Crippen LogP) is 2.04. The number of allylic oxidation sites excluding steroid dienone is 2. The Morgan fingerprint density at radius 3 is 1.91 bits per heavy atom. The maximum absolute atomic E-state index is 12.1. The predicted molar refractivity (Wildman–Crippen MR) is 122 cm³/mol. The van der Waals surface area contributed by atoms with Gasteiger partial charge >= 0.3 is 29.8 Å². The van der Waals surface area contributed by atoms with Crippen molar-refractivity contribution in [1.29, 1.82) is 0 Å². The molecule has 1 fully saturated rings. The highest BCUT2D eigenvalue weighted by atomic mass is 79.9. The van der Waals surface area contributed by atoms with Crippen LogP contribution in [0.4, 0.5) is 0 Å². The summed E-state index contributed by atoms with van der Waals surface area (Å²) in [4.78, 5) is 59.2. The van der Waals surface area contributed by atoms with Gasteiger partial charge in [0.15, 0.2) is 18.3 Å². The summed E-state index contributed by atoms with van der Waals surface area (Å²) in [6, 6.07) is 0. The van der Waals surface area contributed by atoms with E-state index in [4.69, 9.17) is 28.4 Å². The fraction of sp³-hybridized carbons (Fsp3) is 0.609. The molecule has 1 heterocycles. The van der Waals surface area contributed by atoms with Crippen molar-refractivity contribution in [3.8, 4) is 0 Å². The smallest absolute Gasteiger partial charge is 0.307 e. The van der Waals surface area contributed by atoms with Gasteiger partial charge < -0.3 is 28.4 Å². The summed E-state index contributed by atoms with van der Waals surface area (Å²) in [6.07, 6.45) is -3.36. The van der Waals surface area contributed by atoms with Crippen LogP contribution in [0, 0.1) is 0 Å². The molecule has 194 valence electrons. The van der Waals surface area contributed by atoms with E-state index in [1.54, 1.807) is 6.08 Å². The van der Waals surface area contributed by atoms with Gasteiger partial charge in [0, 0.05) is 51.9 Å². The van der Waals surface area contributed by atoms with Crippen LogP contribution in [0.5, 0.6) is 0 Å². The normalized spacial score (nSPS) is 26.2. The molecule has 0 radical (unpaired) electrons. The lowest BCUT2D eigenvalue weighted by Gasteiger charge is -2.45. The summed E-state index contributed by atoms with van der Waals surface area (Å²) >= 11 is 3.41.